The van der Waals surface area contributed by atoms with Gasteiger partial charge in [-0.15, -0.1) is 0 Å². The van der Waals surface area contributed by atoms with E-state index in [2.05, 4.69) is 11.9 Å². The molecule has 1 heterocycles. The second-order valence-corrected chi connectivity index (χ2v) is 4.94. The normalized spacial score (nSPS) is 21.1. The summed E-state index contributed by atoms with van der Waals surface area (Å²) in [5.74, 6) is 0.125. The van der Waals surface area contributed by atoms with Gasteiger partial charge in [-0.1, -0.05) is 18.2 Å². The molecule has 0 radical (unpaired) electrons. The lowest BCUT2D eigenvalue weighted by Crippen LogP contribution is -2.55. The van der Waals surface area contributed by atoms with Gasteiger partial charge in [0, 0.05) is 37.8 Å². The maximum Gasteiger partial charge on any atom is 0.254 e. The first-order valence-electron chi connectivity index (χ1n) is 6.38. The highest BCUT2D eigenvalue weighted by Crippen LogP contribution is 2.14. The van der Waals surface area contributed by atoms with Crippen molar-refractivity contribution in [1.29, 1.82) is 0 Å². The monoisotopic (exact) mass is 247 g/mol. The Morgan fingerprint density at radius 3 is 2.78 bits per heavy atom. The molecular formula is C14H21N3O. The highest BCUT2D eigenvalue weighted by Gasteiger charge is 2.27. The van der Waals surface area contributed by atoms with Crippen LogP contribution in [0.15, 0.2) is 24.3 Å². The first kappa shape index (κ1) is 13.1. The molecule has 1 unspecified atom stereocenters. The van der Waals surface area contributed by atoms with Crippen LogP contribution in [0.1, 0.15) is 15.9 Å². The molecule has 0 bridgehead atoms. The molecular weight excluding hydrogens is 226 g/mol. The van der Waals surface area contributed by atoms with Gasteiger partial charge in [-0.3, -0.25) is 9.69 Å². The standard InChI is InChI=1S/C14H21N3O/c1-11-5-3-4-6-13(11)14(18)17-8-7-16(2)12(9-15)10-17/h3-6,12H,7-10,15H2,1-2H3. The number of carbonyl (C=O) groups is 1. The number of hydrogen-bond acceptors (Lipinski definition) is 3. The third kappa shape index (κ3) is 2.54. The van der Waals surface area contributed by atoms with Crippen LogP contribution in [0.25, 0.3) is 0 Å². The van der Waals surface area contributed by atoms with Crippen LogP contribution in [0.3, 0.4) is 0 Å². The largest absolute Gasteiger partial charge is 0.336 e. The molecule has 1 aromatic carbocycles. The van der Waals surface area contributed by atoms with Gasteiger partial charge in [0.15, 0.2) is 0 Å². The zero-order chi connectivity index (χ0) is 13.1. The molecule has 1 fully saturated rings. The summed E-state index contributed by atoms with van der Waals surface area (Å²) in [5.41, 5.74) is 7.58. The third-order valence-electron chi connectivity index (χ3n) is 3.71. The number of rotatable bonds is 2. The summed E-state index contributed by atoms with van der Waals surface area (Å²) in [6.45, 7) is 4.96. The van der Waals surface area contributed by atoms with Gasteiger partial charge >= 0.3 is 0 Å². The summed E-state index contributed by atoms with van der Waals surface area (Å²) in [7, 11) is 2.06. The van der Waals surface area contributed by atoms with Crippen LogP contribution < -0.4 is 5.73 Å². The van der Waals surface area contributed by atoms with Crippen LogP contribution in [0.2, 0.25) is 0 Å². The van der Waals surface area contributed by atoms with E-state index in [0.717, 1.165) is 30.8 Å². The second-order valence-electron chi connectivity index (χ2n) is 4.94. The highest BCUT2D eigenvalue weighted by molar-refractivity contribution is 5.95. The lowest BCUT2D eigenvalue weighted by atomic mass is 10.1. The molecule has 1 aromatic rings. The molecule has 4 heteroatoms. The SMILES string of the molecule is Cc1ccccc1C(=O)N1CCN(C)C(CN)C1. The molecule has 0 aliphatic carbocycles. The van der Waals surface area contributed by atoms with E-state index < -0.39 is 0 Å². The molecule has 1 aliphatic heterocycles. The molecule has 2 rings (SSSR count). The number of aryl methyl sites for hydroxylation is 1. The van der Waals surface area contributed by atoms with E-state index in [4.69, 9.17) is 5.73 Å². The van der Waals surface area contributed by atoms with Crippen LogP contribution >= 0.6 is 0 Å². The van der Waals surface area contributed by atoms with E-state index in [1.807, 2.05) is 36.1 Å². The predicted octanol–water partition coefficient (Wildman–Crippen LogP) is 0.710. The molecule has 4 nitrogen and oxygen atoms in total. The van der Waals surface area contributed by atoms with Crippen molar-refractivity contribution in [2.75, 3.05) is 33.2 Å². The summed E-state index contributed by atoms with van der Waals surface area (Å²) < 4.78 is 0. The topological polar surface area (TPSA) is 49.6 Å². The minimum absolute atomic E-state index is 0.125. The molecule has 1 amide bonds. The molecule has 98 valence electrons. The van der Waals surface area contributed by atoms with Crippen molar-refractivity contribution in [3.05, 3.63) is 35.4 Å². The van der Waals surface area contributed by atoms with Crippen molar-refractivity contribution in [3.8, 4) is 0 Å². The van der Waals surface area contributed by atoms with Gasteiger partial charge in [-0.05, 0) is 25.6 Å². The minimum atomic E-state index is 0.125. The molecule has 0 spiro atoms. The maximum atomic E-state index is 12.5. The Bertz CT molecular complexity index is 433. The zero-order valence-corrected chi connectivity index (χ0v) is 11.1. The number of piperazine rings is 1. The molecule has 2 N–H and O–H groups in total. The van der Waals surface area contributed by atoms with Crippen molar-refractivity contribution >= 4 is 5.91 Å². The van der Waals surface area contributed by atoms with Gasteiger partial charge in [-0.25, -0.2) is 0 Å². The summed E-state index contributed by atoms with van der Waals surface area (Å²) in [4.78, 5) is 16.6. The van der Waals surface area contributed by atoms with Gasteiger partial charge in [0.25, 0.3) is 5.91 Å². The molecule has 18 heavy (non-hydrogen) atoms. The van der Waals surface area contributed by atoms with E-state index in [-0.39, 0.29) is 11.9 Å². The number of amides is 1. The van der Waals surface area contributed by atoms with Gasteiger partial charge in [0.1, 0.15) is 0 Å². The molecule has 1 saturated heterocycles. The smallest absolute Gasteiger partial charge is 0.254 e. The van der Waals surface area contributed by atoms with E-state index in [0.29, 0.717) is 6.54 Å². The average Bonchev–Trinajstić information content (AvgIpc) is 2.39. The van der Waals surface area contributed by atoms with Crippen molar-refractivity contribution in [3.63, 3.8) is 0 Å². The van der Waals surface area contributed by atoms with E-state index in [1.165, 1.54) is 0 Å². The van der Waals surface area contributed by atoms with Crippen molar-refractivity contribution in [2.45, 2.75) is 13.0 Å². The number of benzene rings is 1. The van der Waals surface area contributed by atoms with E-state index in [1.54, 1.807) is 0 Å². The summed E-state index contributed by atoms with van der Waals surface area (Å²) >= 11 is 0. The van der Waals surface area contributed by atoms with Crippen LogP contribution in [0.5, 0.6) is 0 Å². The van der Waals surface area contributed by atoms with Gasteiger partial charge < -0.3 is 10.6 Å². The number of likely N-dealkylation sites (N-methyl/N-ethyl adjacent to an activating group) is 1. The first-order valence-corrected chi connectivity index (χ1v) is 6.38. The number of nitrogens with two attached hydrogens (primary N) is 1. The number of nitrogens with zero attached hydrogens (tertiary/aromatic N) is 2. The van der Waals surface area contributed by atoms with Crippen LogP contribution in [0, 0.1) is 6.92 Å². The molecule has 0 aromatic heterocycles. The zero-order valence-electron chi connectivity index (χ0n) is 11.1. The number of hydrogen-bond donors (Lipinski definition) is 1. The Morgan fingerprint density at radius 2 is 2.11 bits per heavy atom. The Kier molecular flexibility index (Phi) is 3.99. The van der Waals surface area contributed by atoms with E-state index >= 15 is 0 Å². The van der Waals surface area contributed by atoms with Gasteiger partial charge in [-0.2, -0.15) is 0 Å². The molecule has 1 aliphatic rings. The lowest BCUT2D eigenvalue weighted by Gasteiger charge is -2.39. The predicted molar refractivity (Wildman–Crippen MR) is 72.6 cm³/mol. The number of carbonyl (C=O) groups excluding carboxylic acids is 1. The third-order valence-corrected chi connectivity index (χ3v) is 3.71. The molecule has 0 saturated carbocycles. The average molecular weight is 247 g/mol. The molecule has 1 atom stereocenters. The van der Waals surface area contributed by atoms with Crippen LogP contribution in [0.4, 0.5) is 0 Å². The van der Waals surface area contributed by atoms with Gasteiger partial charge in [0.2, 0.25) is 0 Å². The highest BCUT2D eigenvalue weighted by atomic mass is 16.2. The van der Waals surface area contributed by atoms with E-state index in [9.17, 15) is 4.79 Å². The fraction of sp³-hybridized carbons (Fsp3) is 0.500. The summed E-state index contributed by atoms with van der Waals surface area (Å²) in [6.07, 6.45) is 0. The second kappa shape index (κ2) is 5.50. The maximum absolute atomic E-state index is 12.5. The lowest BCUT2D eigenvalue weighted by molar-refractivity contribution is 0.0559. The first-order chi connectivity index (χ1) is 8.63. The summed E-state index contributed by atoms with van der Waals surface area (Å²) in [5, 5.41) is 0. The minimum Gasteiger partial charge on any atom is -0.336 e. The fourth-order valence-corrected chi connectivity index (χ4v) is 2.37. The van der Waals surface area contributed by atoms with Crippen LogP contribution in [-0.2, 0) is 0 Å². The van der Waals surface area contributed by atoms with Crippen molar-refractivity contribution < 1.29 is 4.79 Å². The summed E-state index contributed by atoms with van der Waals surface area (Å²) in [6, 6.07) is 8.01. The fourth-order valence-electron chi connectivity index (χ4n) is 2.37. The Balaban J connectivity index is 2.13. The Labute approximate surface area is 108 Å². The van der Waals surface area contributed by atoms with Crippen molar-refractivity contribution in [1.82, 2.24) is 9.80 Å². The van der Waals surface area contributed by atoms with Gasteiger partial charge in [0.05, 0.1) is 0 Å². The quantitative estimate of drug-likeness (QED) is 0.837. The Hall–Kier alpha value is -1.39. The van der Waals surface area contributed by atoms with Crippen molar-refractivity contribution in [2.24, 2.45) is 5.73 Å². The Morgan fingerprint density at radius 1 is 1.39 bits per heavy atom. The van der Waals surface area contributed by atoms with Crippen LogP contribution in [-0.4, -0.2) is 55.0 Å².